The Balaban J connectivity index is 2.14. The summed E-state index contributed by atoms with van der Waals surface area (Å²) in [6.07, 6.45) is 7.32. The summed E-state index contributed by atoms with van der Waals surface area (Å²) in [5.74, 6) is -2.24. The Morgan fingerprint density at radius 2 is 1.71 bits per heavy atom. The zero-order valence-corrected chi connectivity index (χ0v) is 17.8. The summed E-state index contributed by atoms with van der Waals surface area (Å²) in [6.45, 7) is 7.41. The minimum Gasteiger partial charge on any atom is -0.450 e. The van der Waals surface area contributed by atoms with E-state index in [1.807, 2.05) is 6.92 Å². The zero-order chi connectivity index (χ0) is 20.9. The molecule has 0 aromatic carbocycles. The first-order valence-electron chi connectivity index (χ1n) is 10.8. The van der Waals surface area contributed by atoms with E-state index in [1.54, 1.807) is 13.8 Å². The summed E-state index contributed by atoms with van der Waals surface area (Å²) >= 11 is 0. The predicted octanol–water partition coefficient (Wildman–Crippen LogP) is 4.51. The summed E-state index contributed by atoms with van der Waals surface area (Å²) in [7, 11) is 0. The van der Waals surface area contributed by atoms with Crippen molar-refractivity contribution in [1.82, 2.24) is 0 Å². The lowest BCUT2D eigenvalue weighted by molar-refractivity contribution is -0.157. The quantitative estimate of drug-likeness (QED) is 0.295. The van der Waals surface area contributed by atoms with Crippen LogP contribution in [-0.4, -0.2) is 28.9 Å². The largest absolute Gasteiger partial charge is 0.450 e. The van der Waals surface area contributed by atoms with Crippen molar-refractivity contribution < 1.29 is 23.9 Å². The van der Waals surface area contributed by atoms with Crippen LogP contribution in [0.4, 0.5) is 0 Å². The molecule has 0 amide bonds. The molecule has 1 aliphatic carbocycles. The van der Waals surface area contributed by atoms with Gasteiger partial charge in [-0.3, -0.25) is 19.2 Å². The van der Waals surface area contributed by atoms with Crippen molar-refractivity contribution in [3.63, 3.8) is 0 Å². The number of hydrogen-bond acceptors (Lipinski definition) is 5. The van der Waals surface area contributed by atoms with E-state index in [9.17, 15) is 19.2 Å². The van der Waals surface area contributed by atoms with Crippen LogP contribution in [0.3, 0.4) is 0 Å². The number of fused-ring (bicyclic) bond motifs is 1. The number of allylic oxidation sites excluding steroid dienone is 1. The predicted molar refractivity (Wildman–Crippen MR) is 107 cm³/mol. The molecule has 1 aliphatic heterocycles. The van der Waals surface area contributed by atoms with E-state index in [1.165, 1.54) is 0 Å². The number of unbranched alkanes of at least 4 members (excludes halogenated alkanes) is 4. The van der Waals surface area contributed by atoms with Crippen molar-refractivity contribution in [2.45, 2.75) is 97.5 Å². The van der Waals surface area contributed by atoms with E-state index >= 15 is 0 Å². The number of rotatable bonds is 11. The Morgan fingerprint density at radius 3 is 2.36 bits per heavy atom. The van der Waals surface area contributed by atoms with Gasteiger partial charge in [0.2, 0.25) is 5.78 Å². The van der Waals surface area contributed by atoms with Crippen LogP contribution in [-0.2, 0) is 23.9 Å². The number of ether oxygens (including phenoxy) is 1. The highest BCUT2D eigenvalue weighted by Gasteiger charge is 2.61. The standard InChI is InChI=1S/C23H34O5/c1-5-7-8-9-10-12-19(25)20-18-14-16(13-17(24)11-6-2)15(3)21(26)23(18,4)28-22(20)27/h18,20H,5-14H2,1-4H3/t18-,20-,23+/m0/s1. The lowest BCUT2D eigenvalue weighted by Gasteiger charge is -2.35. The molecule has 0 radical (unpaired) electrons. The molecule has 28 heavy (non-hydrogen) atoms. The molecule has 2 aliphatic rings. The van der Waals surface area contributed by atoms with Crippen molar-refractivity contribution in [3.8, 4) is 0 Å². The van der Waals surface area contributed by atoms with Crippen LogP contribution in [0.15, 0.2) is 11.1 Å². The molecule has 156 valence electrons. The smallest absolute Gasteiger partial charge is 0.317 e. The van der Waals surface area contributed by atoms with E-state index in [4.69, 9.17) is 4.74 Å². The molecular formula is C23H34O5. The second kappa shape index (κ2) is 9.62. The van der Waals surface area contributed by atoms with Crippen molar-refractivity contribution >= 4 is 23.3 Å². The average Bonchev–Trinajstić information content (AvgIpc) is 2.90. The first-order chi connectivity index (χ1) is 13.3. The first-order valence-corrected chi connectivity index (χ1v) is 10.8. The van der Waals surface area contributed by atoms with Gasteiger partial charge in [0, 0.05) is 25.2 Å². The molecule has 0 aromatic rings. The highest BCUT2D eigenvalue weighted by atomic mass is 16.6. The second-order valence-corrected chi connectivity index (χ2v) is 8.47. The number of esters is 1. The summed E-state index contributed by atoms with van der Waals surface area (Å²) < 4.78 is 5.49. The van der Waals surface area contributed by atoms with Gasteiger partial charge in [-0.25, -0.2) is 0 Å². The fourth-order valence-electron chi connectivity index (χ4n) is 4.53. The third-order valence-corrected chi connectivity index (χ3v) is 6.28. The van der Waals surface area contributed by atoms with Crippen LogP contribution in [0.25, 0.3) is 0 Å². The SMILES string of the molecule is CCCCCCCC(=O)[C@H]1C(=O)O[C@@]2(C)C(=O)C(C)=C(CC(=O)CCC)C[C@@H]12. The van der Waals surface area contributed by atoms with Gasteiger partial charge < -0.3 is 4.74 Å². The van der Waals surface area contributed by atoms with Gasteiger partial charge in [-0.2, -0.15) is 0 Å². The molecule has 2 rings (SSSR count). The summed E-state index contributed by atoms with van der Waals surface area (Å²) in [6, 6.07) is 0. The van der Waals surface area contributed by atoms with Gasteiger partial charge in [0.05, 0.1) is 0 Å². The number of hydrogen-bond donors (Lipinski definition) is 0. The molecule has 0 saturated carbocycles. The van der Waals surface area contributed by atoms with E-state index < -0.39 is 23.4 Å². The van der Waals surface area contributed by atoms with Crippen molar-refractivity contribution in [3.05, 3.63) is 11.1 Å². The molecule has 5 heteroatoms. The maximum atomic E-state index is 13.0. The van der Waals surface area contributed by atoms with Gasteiger partial charge in [-0.1, -0.05) is 45.1 Å². The van der Waals surface area contributed by atoms with Crippen LogP contribution in [0.2, 0.25) is 0 Å². The fraction of sp³-hybridized carbons (Fsp3) is 0.739. The molecule has 3 atom stereocenters. The third kappa shape index (κ3) is 4.61. The van der Waals surface area contributed by atoms with Crippen molar-refractivity contribution in [2.75, 3.05) is 0 Å². The number of Topliss-reactive ketones (excluding diaryl/α,β-unsaturated/α-hetero) is 3. The number of ketones is 3. The van der Waals surface area contributed by atoms with E-state index in [-0.39, 0.29) is 23.8 Å². The van der Waals surface area contributed by atoms with Crippen molar-refractivity contribution in [2.24, 2.45) is 11.8 Å². The normalized spacial score (nSPS) is 27.0. The Kier molecular flexibility index (Phi) is 7.73. The summed E-state index contributed by atoms with van der Waals surface area (Å²) in [4.78, 5) is 50.4. The van der Waals surface area contributed by atoms with E-state index in [0.717, 1.165) is 44.1 Å². The molecule has 0 spiro atoms. The van der Waals surface area contributed by atoms with Crippen molar-refractivity contribution in [1.29, 1.82) is 0 Å². The topological polar surface area (TPSA) is 77.5 Å². The van der Waals surface area contributed by atoms with Gasteiger partial charge in [0.1, 0.15) is 17.5 Å². The first kappa shape index (κ1) is 22.5. The Labute approximate surface area is 168 Å². The average molecular weight is 391 g/mol. The molecule has 1 heterocycles. The summed E-state index contributed by atoms with van der Waals surface area (Å²) in [5, 5.41) is 0. The van der Waals surface area contributed by atoms with Gasteiger partial charge in [0.15, 0.2) is 5.60 Å². The molecule has 0 aromatic heterocycles. The maximum Gasteiger partial charge on any atom is 0.317 e. The maximum absolute atomic E-state index is 13.0. The van der Waals surface area contributed by atoms with E-state index in [0.29, 0.717) is 24.8 Å². The molecule has 0 unspecified atom stereocenters. The molecule has 1 saturated heterocycles. The Hall–Kier alpha value is -1.78. The highest BCUT2D eigenvalue weighted by molar-refractivity contribution is 6.10. The van der Waals surface area contributed by atoms with Crippen LogP contribution < -0.4 is 0 Å². The monoisotopic (exact) mass is 390 g/mol. The Morgan fingerprint density at radius 1 is 1.04 bits per heavy atom. The number of carbonyl (C=O) groups excluding carboxylic acids is 4. The number of carbonyl (C=O) groups is 4. The molecule has 0 bridgehead atoms. The fourth-order valence-corrected chi connectivity index (χ4v) is 4.53. The minimum absolute atomic E-state index is 0.0947. The van der Waals surface area contributed by atoms with Gasteiger partial charge in [-0.15, -0.1) is 0 Å². The minimum atomic E-state index is -1.28. The summed E-state index contributed by atoms with van der Waals surface area (Å²) in [5.41, 5.74) is 0.00900. The van der Waals surface area contributed by atoms with Crippen LogP contribution in [0.1, 0.15) is 91.9 Å². The third-order valence-electron chi connectivity index (χ3n) is 6.28. The van der Waals surface area contributed by atoms with E-state index in [2.05, 4.69) is 6.92 Å². The molecule has 0 N–H and O–H groups in total. The van der Waals surface area contributed by atoms with Gasteiger partial charge >= 0.3 is 5.97 Å². The van der Waals surface area contributed by atoms with Crippen LogP contribution in [0.5, 0.6) is 0 Å². The van der Waals surface area contributed by atoms with Crippen LogP contribution in [0, 0.1) is 11.8 Å². The zero-order valence-electron chi connectivity index (χ0n) is 17.8. The van der Waals surface area contributed by atoms with Gasteiger partial charge in [0.25, 0.3) is 0 Å². The lowest BCUT2D eigenvalue weighted by atomic mass is 9.67. The van der Waals surface area contributed by atoms with Crippen LogP contribution >= 0.6 is 0 Å². The molecular weight excluding hydrogens is 356 g/mol. The molecule has 1 fully saturated rings. The van der Waals surface area contributed by atoms with Gasteiger partial charge in [-0.05, 0) is 38.7 Å². The molecule has 5 nitrogen and oxygen atoms in total. The Bertz CT molecular complexity index is 674. The highest BCUT2D eigenvalue weighted by Crippen LogP contribution is 2.48. The second-order valence-electron chi connectivity index (χ2n) is 8.47. The lowest BCUT2D eigenvalue weighted by Crippen LogP contribution is -2.47.